The lowest BCUT2D eigenvalue weighted by Crippen LogP contribution is -2.25. The van der Waals surface area contributed by atoms with E-state index >= 15 is 0 Å². The lowest BCUT2D eigenvalue weighted by molar-refractivity contribution is -0.153. The molecule has 0 spiro atoms. The average Bonchev–Trinajstić information content (AvgIpc) is 2.74. The van der Waals surface area contributed by atoms with Gasteiger partial charge >= 0.3 is 17.9 Å². The molecule has 2 rings (SSSR count). The highest BCUT2D eigenvalue weighted by atomic mass is 32.2. The Morgan fingerprint density at radius 1 is 0.848 bits per heavy atom. The van der Waals surface area contributed by atoms with Gasteiger partial charge in [-0.15, -0.1) is 0 Å². The van der Waals surface area contributed by atoms with Gasteiger partial charge in [0.15, 0.2) is 12.2 Å². The fraction of sp³-hybridized carbons (Fsp3) is 0.292. The van der Waals surface area contributed by atoms with E-state index in [-0.39, 0.29) is 9.80 Å². The Kier molecular flexibility index (Phi) is 8.93. The summed E-state index contributed by atoms with van der Waals surface area (Å²) < 4.78 is 42.9. The second kappa shape index (κ2) is 11.4. The van der Waals surface area contributed by atoms with Crippen LogP contribution in [-0.4, -0.2) is 39.0 Å². The van der Waals surface area contributed by atoms with Crippen molar-refractivity contribution in [2.75, 3.05) is 6.61 Å². The molecular weight excluding hydrogens is 448 g/mol. The number of hydrogen-bond acceptors (Lipinski definition) is 8. The minimum atomic E-state index is -4.23. The third-order valence-corrected chi connectivity index (χ3v) is 6.27. The number of carbonyl (C=O) groups is 3. The van der Waals surface area contributed by atoms with Crippen molar-refractivity contribution in [2.24, 2.45) is 0 Å². The maximum Gasteiger partial charge on any atom is 0.303 e. The molecule has 0 heterocycles. The number of esters is 3. The van der Waals surface area contributed by atoms with E-state index < -0.39 is 46.6 Å². The Hall–Kier alpha value is -3.46. The van der Waals surface area contributed by atoms with Crippen LogP contribution in [0.3, 0.4) is 0 Å². The molecule has 0 saturated carbocycles. The zero-order chi connectivity index (χ0) is 24.6. The van der Waals surface area contributed by atoms with E-state index in [1.807, 2.05) is 6.92 Å². The summed E-state index contributed by atoms with van der Waals surface area (Å²) in [4.78, 5) is 34.5. The molecule has 33 heavy (non-hydrogen) atoms. The molecule has 0 amide bonds. The highest BCUT2D eigenvalue weighted by Crippen LogP contribution is 2.34. The summed E-state index contributed by atoms with van der Waals surface area (Å²) in [7, 11) is -4.23. The zero-order valence-electron chi connectivity index (χ0n) is 18.8. The van der Waals surface area contributed by atoms with E-state index in [0.29, 0.717) is 5.56 Å². The molecule has 0 aliphatic rings. The van der Waals surface area contributed by atoms with Crippen LogP contribution in [0.5, 0.6) is 0 Å². The predicted octanol–water partition coefficient (Wildman–Crippen LogP) is 3.45. The first-order valence-electron chi connectivity index (χ1n) is 10.1. The van der Waals surface area contributed by atoms with Crippen LogP contribution in [0.2, 0.25) is 0 Å². The number of ether oxygens (including phenoxy) is 3. The van der Waals surface area contributed by atoms with E-state index in [9.17, 15) is 22.8 Å². The smallest absolute Gasteiger partial charge is 0.303 e. The Balaban J connectivity index is 2.72. The van der Waals surface area contributed by atoms with Crippen LogP contribution in [0.1, 0.15) is 38.0 Å². The first-order chi connectivity index (χ1) is 15.5. The van der Waals surface area contributed by atoms with Crippen LogP contribution in [0.15, 0.2) is 70.5 Å². The van der Waals surface area contributed by atoms with Gasteiger partial charge in [-0.05, 0) is 30.7 Å². The topological polar surface area (TPSA) is 113 Å². The maximum absolute atomic E-state index is 13.7. The molecule has 0 N–H and O–H groups in total. The maximum atomic E-state index is 13.7. The van der Waals surface area contributed by atoms with Crippen LogP contribution < -0.4 is 0 Å². The first kappa shape index (κ1) is 25.8. The van der Waals surface area contributed by atoms with Crippen LogP contribution >= 0.6 is 0 Å². The van der Waals surface area contributed by atoms with Crippen molar-refractivity contribution in [1.29, 1.82) is 0 Å². The van der Waals surface area contributed by atoms with Gasteiger partial charge < -0.3 is 14.2 Å². The first-order valence-corrected chi connectivity index (χ1v) is 11.5. The fourth-order valence-corrected chi connectivity index (χ4v) is 4.53. The average molecular weight is 475 g/mol. The second-order valence-electron chi connectivity index (χ2n) is 7.24. The van der Waals surface area contributed by atoms with Gasteiger partial charge in [-0.1, -0.05) is 48.0 Å². The highest BCUT2D eigenvalue weighted by molar-refractivity contribution is 7.95. The van der Waals surface area contributed by atoms with Crippen LogP contribution in [0.4, 0.5) is 0 Å². The Morgan fingerprint density at radius 3 is 1.94 bits per heavy atom. The van der Waals surface area contributed by atoms with Gasteiger partial charge in [0.25, 0.3) is 0 Å². The molecule has 0 aromatic heterocycles. The lowest BCUT2D eigenvalue weighted by atomic mass is 10.1. The van der Waals surface area contributed by atoms with Gasteiger partial charge in [0.05, 0.1) is 9.80 Å². The largest absolute Gasteiger partial charge is 0.462 e. The molecule has 0 aliphatic carbocycles. The quantitative estimate of drug-likeness (QED) is 0.401. The third-order valence-electron chi connectivity index (χ3n) is 4.40. The van der Waals surface area contributed by atoms with Gasteiger partial charge in [-0.2, -0.15) is 0 Å². The van der Waals surface area contributed by atoms with Crippen molar-refractivity contribution in [3.8, 4) is 0 Å². The van der Waals surface area contributed by atoms with Crippen LogP contribution in [0.25, 0.3) is 0 Å². The molecule has 0 bridgehead atoms. The summed E-state index contributed by atoms with van der Waals surface area (Å²) in [6, 6.07) is 14.4. The lowest BCUT2D eigenvalue weighted by Gasteiger charge is -2.23. The Morgan fingerprint density at radius 2 is 1.42 bits per heavy atom. The van der Waals surface area contributed by atoms with E-state index in [1.54, 1.807) is 42.5 Å². The summed E-state index contributed by atoms with van der Waals surface area (Å²) in [6.07, 6.45) is -1.42. The minimum absolute atomic E-state index is 0.0403. The Labute approximate surface area is 193 Å². The molecule has 2 aromatic rings. The van der Waals surface area contributed by atoms with Gasteiger partial charge in [-0.3, -0.25) is 14.4 Å². The predicted molar refractivity (Wildman–Crippen MR) is 120 cm³/mol. The van der Waals surface area contributed by atoms with Crippen LogP contribution in [0, 0.1) is 6.92 Å². The number of rotatable bonds is 9. The standard InChI is InChI=1S/C24H26O8S/c1-16-10-12-22(13-11-16)33(28,29)23(14-21(31-18(3)26)15-30-17(2)25)24(32-19(4)27)20-8-6-5-7-9-20/h5-14,21,24H,15H2,1-4H3/b23-14-/t21-,24-/m1/s1. The molecule has 0 unspecified atom stereocenters. The van der Waals surface area contributed by atoms with Gasteiger partial charge in [0.2, 0.25) is 9.84 Å². The van der Waals surface area contributed by atoms with Gasteiger partial charge in [0.1, 0.15) is 6.61 Å². The van der Waals surface area contributed by atoms with Crippen LogP contribution in [-0.2, 0) is 38.4 Å². The number of benzene rings is 2. The normalized spacial score (nSPS) is 13.5. The number of sulfone groups is 1. The fourth-order valence-electron chi connectivity index (χ4n) is 2.97. The van der Waals surface area contributed by atoms with Crippen molar-refractivity contribution in [3.63, 3.8) is 0 Å². The summed E-state index contributed by atoms with van der Waals surface area (Å²) in [5, 5.41) is 0. The third kappa shape index (κ3) is 7.57. The Bertz CT molecular complexity index is 1120. The zero-order valence-corrected chi connectivity index (χ0v) is 19.6. The summed E-state index contributed by atoms with van der Waals surface area (Å²) in [5.41, 5.74) is 1.25. The molecule has 8 nitrogen and oxygen atoms in total. The number of hydrogen-bond donors (Lipinski definition) is 0. The minimum Gasteiger partial charge on any atom is -0.462 e. The summed E-state index contributed by atoms with van der Waals surface area (Å²) in [6.45, 7) is 4.88. The molecule has 0 fully saturated rings. The number of aryl methyl sites for hydroxylation is 1. The van der Waals surface area contributed by atoms with E-state index in [1.165, 1.54) is 19.1 Å². The van der Waals surface area contributed by atoms with Crippen molar-refractivity contribution in [3.05, 3.63) is 76.7 Å². The molecule has 0 aliphatic heterocycles. The second-order valence-corrected chi connectivity index (χ2v) is 9.19. The van der Waals surface area contributed by atoms with Crippen molar-refractivity contribution < 1.29 is 37.0 Å². The molecular formula is C24H26O8S. The molecule has 2 atom stereocenters. The van der Waals surface area contributed by atoms with E-state index in [0.717, 1.165) is 25.5 Å². The molecule has 0 saturated heterocycles. The molecule has 9 heteroatoms. The van der Waals surface area contributed by atoms with Crippen molar-refractivity contribution >= 4 is 27.7 Å². The molecule has 176 valence electrons. The SMILES string of the molecule is CC(=O)OC[C@@H](/C=C(/[C@H](OC(C)=O)c1ccccc1)S(=O)(=O)c1ccc(C)cc1)OC(C)=O. The monoisotopic (exact) mass is 474 g/mol. The number of carbonyl (C=O) groups excluding carboxylic acids is 3. The van der Waals surface area contributed by atoms with Gasteiger partial charge in [0, 0.05) is 20.8 Å². The van der Waals surface area contributed by atoms with Crippen molar-refractivity contribution in [1.82, 2.24) is 0 Å². The van der Waals surface area contributed by atoms with Gasteiger partial charge in [-0.25, -0.2) is 8.42 Å². The van der Waals surface area contributed by atoms with E-state index in [4.69, 9.17) is 14.2 Å². The summed E-state index contributed by atoms with van der Waals surface area (Å²) >= 11 is 0. The summed E-state index contributed by atoms with van der Waals surface area (Å²) in [5.74, 6) is -2.06. The van der Waals surface area contributed by atoms with E-state index in [2.05, 4.69) is 0 Å². The molecule has 2 aromatic carbocycles. The highest BCUT2D eigenvalue weighted by Gasteiger charge is 2.33. The molecule has 0 radical (unpaired) electrons. The van der Waals surface area contributed by atoms with Crippen molar-refractivity contribution in [2.45, 2.75) is 44.8 Å².